The number of carbonyl (C=O) groups is 1. The van der Waals surface area contributed by atoms with Crippen LogP contribution in [0.25, 0.3) is 0 Å². The summed E-state index contributed by atoms with van der Waals surface area (Å²) in [4.78, 5) is 10.5. The van der Waals surface area contributed by atoms with Crippen LogP contribution in [0.3, 0.4) is 0 Å². The van der Waals surface area contributed by atoms with Crippen LogP contribution in [0.4, 0.5) is 0 Å². The molecular formula is C7H13NO3S. The van der Waals surface area contributed by atoms with Gasteiger partial charge in [-0.05, 0) is 6.92 Å². The number of sulfone groups is 1. The van der Waals surface area contributed by atoms with Gasteiger partial charge in [0.2, 0.25) is 5.91 Å². The Labute approximate surface area is 72.6 Å². The van der Waals surface area contributed by atoms with Crippen LogP contribution in [0.15, 0.2) is 11.5 Å². The highest BCUT2D eigenvalue weighted by molar-refractivity contribution is 7.93. The molecule has 0 aliphatic rings. The second kappa shape index (κ2) is 4.25. The minimum Gasteiger partial charge on any atom is -0.350 e. The Kier molecular flexibility index (Phi) is 3.95. The lowest BCUT2D eigenvalue weighted by Crippen LogP contribution is -2.28. The Morgan fingerprint density at radius 3 is 2.33 bits per heavy atom. The molecule has 0 saturated carbocycles. The van der Waals surface area contributed by atoms with Gasteiger partial charge in [-0.3, -0.25) is 4.79 Å². The average molecular weight is 191 g/mol. The van der Waals surface area contributed by atoms with Crippen molar-refractivity contribution in [2.45, 2.75) is 19.9 Å². The molecular weight excluding hydrogens is 178 g/mol. The molecule has 0 radical (unpaired) electrons. The molecule has 12 heavy (non-hydrogen) atoms. The minimum absolute atomic E-state index is 0.180. The van der Waals surface area contributed by atoms with E-state index in [9.17, 15) is 13.2 Å². The molecule has 1 N–H and O–H groups in total. The quantitative estimate of drug-likeness (QED) is 0.686. The molecule has 0 aliphatic heterocycles. The third kappa shape index (κ3) is 7.27. The number of rotatable bonds is 3. The second-order valence-electron chi connectivity index (χ2n) is 2.65. The van der Waals surface area contributed by atoms with Gasteiger partial charge < -0.3 is 5.32 Å². The Hall–Kier alpha value is -0.840. The molecule has 0 aliphatic carbocycles. The van der Waals surface area contributed by atoms with Crippen LogP contribution in [0.2, 0.25) is 0 Å². The fourth-order valence-corrected chi connectivity index (χ4v) is 1.15. The van der Waals surface area contributed by atoms with Crippen molar-refractivity contribution >= 4 is 15.7 Å². The maximum Gasteiger partial charge on any atom is 0.217 e. The molecule has 0 rings (SSSR count). The second-order valence-corrected chi connectivity index (χ2v) is 4.58. The van der Waals surface area contributed by atoms with E-state index in [0.29, 0.717) is 0 Å². The van der Waals surface area contributed by atoms with Gasteiger partial charge in [0.15, 0.2) is 9.84 Å². The summed E-state index contributed by atoms with van der Waals surface area (Å²) in [5.41, 5.74) is 0. The van der Waals surface area contributed by atoms with E-state index in [1.54, 1.807) is 6.92 Å². The van der Waals surface area contributed by atoms with Crippen molar-refractivity contribution in [3.8, 4) is 0 Å². The first kappa shape index (κ1) is 11.2. The highest BCUT2D eigenvalue weighted by Gasteiger charge is 1.99. The van der Waals surface area contributed by atoms with Gasteiger partial charge >= 0.3 is 0 Å². The zero-order chi connectivity index (χ0) is 9.78. The molecule has 0 spiro atoms. The van der Waals surface area contributed by atoms with Crippen LogP contribution in [-0.4, -0.2) is 26.6 Å². The van der Waals surface area contributed by atoms with Crippen molar-refractivity contribution in [2.24, 2.45) is 0 Å². The lowest BCUT2D eigenvalue weighted by molar-refractivity contribution is -0.119. The number of hydrogen-bond donors (Lipinski definition) is 1. The normalized spacial score (nSPS) is 14.6. The number of nitrogens with one attached hydrogen (secondary N) is 1. The van der Waals surface area contributed by atoms with Crippen LogP contribution in [0, 0.1) is 0 Å². The lowest BCUT2D eigenvalue weighted by Gasteiger charge is -2.05. The van der Waals surface area contributed by atoms with Gasteiger partial charge in [0.05, 0.1) is 0 Å². The molecule has 5 heteroatoms. The molecule has 0 aromatic rings. The van der Waals surface area contributed by atoms with Crippen molar-refractivity contribution < 1.29 is 13.2 Å². The Bertz CT molecular complexity index is 279. The third-order valence-corrected chi connectivity index (χ3v) is 1.70. The van der Waals surface area contributed by atoms with Crippen molar-refractivity contribution in [1.82, 2.24) is 5.32 Å². The molecule has 0 unspecified atom stereocenters. The minimum atomic E-state index is -3.09. The van der Waals surface area contributed by atoms with E-state index in [1.807, 2.05) is 0 Å². The van der Waals surface area contributed by atoms with Crippen molar-refractivity contribution in [2.75, 3.05) is 6.26 Å². The van der Waals surface area contributed by atoms with Crippen LogP contribution in [0.1, 0.15) is 13.8 Å². The summed E-state index contributed by atoms with van der Waals surface area (Å²) < 4.78 is 21.2. The maximum absolute atomic E-state index is 10.6. The molecule has 1 amide bonds. The summed E-state index contributed by atoms with van der Waals surface area (Å²) in [6, 6.07) is -0.253. The highest BCUT2D eigenvalue weighted by Crippen LogP contribution is 1.90. The van der Waals surface area contributed by atoms with Gasteiger partial charge in [-0.25, -0.2) is 8.42 Å². The molecule has 0 saturated heterocycles. The molecule has 0 aromatic heterocycles. The van der Waals surface area contributed by atoms with Gasteiger partial charge in [-0.1, -0.05) is 6.08 Å². The van der Waals surface area contributed by atoms with E-state index in [4.69, 9.17) is 0 Å². The number of carbonyl (C=O) groups excluding carboxylic acids is 1. The largest absolute Gasteiger partial charge is 0.350 e. The summed E-state index contributed by atoms with van der Waals surface area (Å²) in [6.07, 6.45) is 2.53. The zero-order valence-corrected chi connectivity index (χ0v) is 8.18. The summed E-state index contributed by atoms with van der Waals surface area (Å²) in [5.74, 6) is -0.180. The fraction of sp³-hybridized carbons (Fsp3) is 0.571. The first-order valence-corrected chi connectivity index (χ1v) is 5.42. The smallest absolute Gasteiger partial charge is 0.217 e. The molecule has 4 nitrogen and oxygen atoms in total. The summed E-state index contributed by atoms with van der Waals surface area (Å²) >= 11 is 0. The molecule has 0 bridgehead atoms. The predicted molar refractivity (Wildman–Crippen MR) is 47.3 cm³/mol. The highest BCUT2D eigenvalue weighted by atomic mass is 32.2. The van der Waals surface area contributed by atoms with Crippen molar-refractivity contribution in [3.05, 3.63) is 11.5 Å². The van der Waals surface area contributed by atoms with E-state index in [1.165, 1.54) is 13.0 Å². The zero-order valence-electron chi connectivity index (χ0n) is 7.37. The SMILES string of the molecule is CC(=O)N[C@@H](C)/C=C\S(C)(=O)=O. The van der Waals surface area contributed by atoms with Gasteiger partial charge in [-0.2, -0.15) is 0 Å². The van der Waals surface area contributed by atoms with Gasteiger partial charge in [0, 0.05) is 24.6 Å². The van der Waals surface area contributed by atoms with Crippen LogP contribution < -0.4 is 5.32 Å². The first-order chi connectivity index (χ1) is 5.31. The summed E-state index contributed by atoms with van der Waals surface area (Å²) in [5, 5.41) is 3.60. The fourth-order valence-electron chi connectivity index (χ4n) is 0.629. The predicted octanol–water partition coefficient (Wildman–Crippen LogP) is 0.0693. The van der Waals surface area contributed by atoms with Crippen LogP contribution >= 0.6 is 0 Å². The van der Waals surface area contributed by atoms with E-state index in [0.717, 1.165) is 11.7 Å². The topological polar surface area (TPSA) is 63.2 Å². The van der Waals surface area contributed by atoms with E-state index in [-0.39, 0.29) is 11.9 Å². The molecule has 0 fully saturated rings. The van der Waals surface area contributed by atoms with E-state index >= 15 is 0 Å². The Morgan fingerprint density at radius 1 is 1.50 bits per heavy atom. The molecule has 0 heterocycles. The lowest BCUT2D eigenvalue weighted by atomic mass is 10.3. The summed E-state index contributed by atoms with van der Waals surface area (Å²) in [6.45, 7) is 3.08. The maximum atomic E-state index is 10.6. The Morgan fingerprint density at radius 2 is 2.00 bits per heavy atom. The standard InChI is InChI=1S/C7H13NO3S/c1-6(8-7(2)9)4-5-12(3,10)11/h4-6H,1-3H3,(H,8,9)/b5-4-/t6-/m0/s1. The van der Waals surface area contributed by atoms with E-state index < -0.39 is 9.84 Å². The first-order valence-electron chi connectivity index (χ1n) is 3.46. The summed E-state index contributed by atoms with van der Waals surface area (Å²) in [7, 11) is -3.09. The van der Waals surface area contributed by atoms with Crippen LogP contribution in [0.5, 0.6) is 0 Å². The monoisotopic (exact) mass is 191 g/mol. The van der Waals surface area contributed by atoms with E-state index in [2.05, 4.69) is 5.32 Å². The average Bonchev–Trinajstić information content (AvgIpc) is 1.80. The molecule has 1 atom stereocenters. The van der Waals surface area contributed by atoms with Crippen molar-refractivity contribution in [1.29, 1.82) is 0 Å². The Balaban J connectivity index is 4.10. The molecule has 0 aromatic carbocycles. The van der Waals surface area contributed by atoms with Gasteiger partial charge in [0.25, 0.3) is 0 Å². The van der Waals surface area contributed by atoms with Gasteiger partial charge in [-0.15, -0.1) is 0 Å². The third-order valence-electron chi connectivity index (χ3n) is 1.05. The number of hydrogen-bond acceptors (Lipinski definition) is 3. The van der Waals surface area contributed by atoms with Crippen molar-refractivity contribution in [3.63, 3.8) is 0 Å². The van der Waals surface area contributed by atoms with Gasteiger partial charge in [0.1, 0.15) is 0 Å². The number of amides is 1. The molecule has 70 valence electrons. The van der Waals surface area contributed by atoms with Crippen LogP contribution in [-0.2, 0) is 14.6 Å².